The third kappa shape index (κ3) is 7.18. The smallest absolute Gasteiger partial charge is 0.322 e. The zero-order valence-corrected chi connectivity index (χ0v) is 18.5. The van der Waals surface area contributed by atoms with Gasteiger partial charge in [-0.2, -0.15) is 0 Å². The molecular formula is C23H26N4O6. The molecule has 1 aliphatic heterocycles. The van der Waals surface area contributed by atoms with Crippen LogP contribution in [0.4, 0.5) is 4.79 Å². The minimum Gasteiger partial charge on any atom is -0.507 e. The molecule has 0 aliphatic carbocycles. The van der Waals surface area contributed by atoms with Gasteiger partial charge in [-0.15, -0.1) is 0 Å². The Balaban J connectivity index is 0.000000245. The lowest BCUT2D eigenvalue weighted by molar-refractivity contribution is -0.119. The second-order valence-electron chi connectivity index (χ2n) is 6.97. The number of nitrogens with zero attached hydrogens (tertiary/aromatic N) is 1. The number of urea groups is 1. The fourth-order valence-electron chi connectivity index (χ4n) is 2.98. The highest BCUT2D eigenvalue weighted by Crippen LogP contribution is 2.20. The van der Waals surface area contributed by atoms with Crippen molar-refractivity contribution in [2.24, 2.45) is 5.16 Å². The fourth-order valence-corrected chi connectivity index (χ4v) is 2.98. The van der Waals surface area contributed by atoms with E-state index in [4.69, 9.17) is 9.94 Å². The van der Waals surface area contributed by atoms with E-state index in [1.807, 2.05) is 19.2 Å². The monoisotopic (exact) mass is 454 g/mol. The number of phenols is 1. The number of hydrogen-bond donors (Lipinski definition) is 5. The molecule has 0 saturated carbocycles. The number of amides is 3. The first-order valence-corrected chi connectivity index (χ1v) is 9.91. The van der Waals surface area contributed by atoms with Gasteiger partial charge in [-0.25, -0.2) is 4.79 Å². The van der Waals surface area contributed by atoms with Crippen molar-refractivity contribution in [3.63, 3.8) is 0 Å². The van der Waals surface area contributed by atoms with Crippen molar-refractivity contribution in [3.8, 4) is 11.5 Å². The number of carbonyl (C=O) groups excluding carboxylic acids is 3. The molecule has 3 amide bonds. The number of ketones is 1. The van der Waals surface area contributed by atoms with E-state index in [9.17, 15) is 19.5 Å². The van der Waals surface area contributed by atoms with Crippen LogP contribution in [0.5, 0.6) is 11.5 Å². The summed E-state index contributed by atoms with van der Waals surface area (Å²) in [6.07, 6.45) is 4.16. The van der Waals surface area contributed by atoms with Gasteiger partial charge in [0.2, 0.25) is 0 Å². The summed E-state index contributed by atoms with van der Waals surface area (Å²) < 4.78 is 5.07. The van der Waals surface area contributed by atoms with Gasteiger partial charge in [0, 0.05) is 17.7 Å². The molecule has 1 aliphatic rings. The van der Waals surface area contributed by atoms with Crippen LogP contribution in [0, 0.1) is 0 Å². The second-order valence-corrected chi connectivity index (χ2v) is 6.97. The lowest BCUT2D eigenvalue weighted by Crippen LogP contribution is -2.26. The third-order valence-corrected chi connectivity index (χ3v) is 4.60. The average Bonchev–Trinajstić information content (AvgIpc) is 3.12. The molecule has 5 N–H and O–H groups in total. The van der Waals surface area contributed by atoms with Gasteiger partial charge < -0.3 is 25.7 Å². The predicted molar refractivity (Wildman–Crippen MR) is 123 cm³/mol. The van der Waals surface area contributed by atoms with Crippen molar-refractivity contribution in [2.75, 3.05) is 14.2 Å². The van der Waals surface area contributed by atoms with Gasteiger partial charge in [-0.3, -0.25) is 14.9 Å². The SMILES string of the molecule is CNCc1ccc(OC)cc1C(C)=O.O=C1NC(=O)C(/C=C/c2cc(/C=N/O)ccc2O)N1. The van der Waals surface area contributed by atoms with Gasteiger partial charge in [-0.05, 0) is 55.4 Å². The minimum absolute atomic E-state index is 0.0103. The summed E-state index contributed by atoms with van der Waals surface area (Å²) in [6.45, 7) is 2.26. The number of methoxy groups -OCH3 is 1. The van der Waals surface area contributed by atoms with Gasteiger partial charge in [0.15, 0.2) is 5.78 Å². The molecule has 0 bridgehead atoms. The lowest BCUT2D eigenvalue weighted by atomic mass is 10.0. The van der Waals surface area contributed by atoms with E-state index in [1.165, 1.54) is 24.4 Å². The van der Waals surface area contributed by atoms with E-state index in [0.29, 0.717) is 17.7 Å². The summed E-state index contributed by atoms with van der Waals surface area (Å²) in [4.78, 5) is 33.5. The van der Waals surface area contributed by atoms with E-state index in [2.05, 4.69) is 21.1 Å². The van der Waals surface area contributed by atoms with Gasteiger partial charge in [0.25, 0.3) is 5.91 Å². The maximum absolute atomic E-state index is 11.3. The number of aromatic hydroxyl groups is 1. The quantitative estimate of drug-likeness (QED) is 0.141. The van der Waals surface area contributed by atoms with Crippen molar-refractivity contribution in [3.05, 3.63) is 64.7 Å². The van der Waals surface area contributed by atoms with E-state index >= 15 is 0 Å². The Bertz CT molecular complexity index is 1080. The van der Waals surface area contributed by atoms with Gasteiger partial charge in [0.05, 0.1) is 13.3 Å². The Labute approximate surface area is 190 Å². The van der Waals surface area contributed by atoms with E-state index < -0.39 is 18.0 Å². The van der Waals surface area contributed by atoms with Crippen LogP contribution in [0.25, 0.3) is 6.08 Å². The highest BCUT2D eigenvalue weighted by atomic mass is 16.5. The molecule has 1 atom stereocenters. The van der Waals surface area contributed by atoms with Crippen molar-refractivity contribution in [1.82, 2.24) is 16.0 Å². The number of rotatable bonds is 7. The summed E-state index contributed by atoms with van der Waals surface area (Å²) in [5, 5.41) is 28.5. The standard InChI is InChI=1S/C12H11N3O4.C11H15NO2/c16-10-4-1-7(6-13-19)5-8(10)2-3-9-11(17)15-12(18)14-9;1-8(13)11-6-10(14-3)5-4-9(11)7-12-2/h1-6,9,16,19H,(H2,14,15,17,18);4-6,12H,7H2,1-3H3/b3-2+,13-6+;. The van der Waals surface area contributed by atoms with Crippen molar-refractivity contribution in [1.29, 1.82) is 0 Å². The highest BCUT2D eigenvalue weighted by Gasteiger charge is 2.26. The number of benzene rings is 2. The Morgan fingerprint density at radius 3 is 2.58 bits per heavy atom. The maximum atomic E-state index is 11.3. The molecule has 0 radical (unpaired) electrons. The average molecular weight is 454 g/mol. The first-order valence-electron chi connectivity index (χ1n) is 9.91. The first-order chi connectivity index (χ1) is 15.8. The molecular weight excluding hydrogens is 428 g/mol. The first kappa shape index (κ1) is 25.1. The largest absolute Gasteiger partial charge is 0.507 e. The number of carbonyl (C=O) groups is 3. The van der Waals surface area contributed by atoms with Crippen molar-refractivity contribution >= 4 is 30.0 Å². The summed E-state index contributed by atoms with van der Waals surface area (Å²) in [5.41, 5.74) is 2.74. The highest BCUT2D eigenvalue weighted by molar-refractivity contribution is 6.05. The van der Waals surface area contributed by atoms with E-state index in [1.54, 1.807) is 32.2 Å². The van der Waals surface area contributed by atoms with Crippen LogP contribution >= 0.6 is 0 Å². The number of nitrogens with one attached hydrogen (secondary N) is 3. The van der Waals surface area contributed by atoms with Crippen LogP contribution in [0.3, 0.4) is 0 Å². The molecule has 0 spiro atoms. The zero-order chi connectivity index (χ0) is 24.4. The predicted octanol–water partition coefficient (Wildman–Crippen LogP) is 2.04. The topological polar surface area (TPSA) is 149 Å². The molecule has 1 saturated heterocycles. The van der Waals surface area contributed by atoms with Crippen molar-refractivity contribution < 1.29 is 29.4 Å². The number of imide groups is 1. The normalized spacial score (nSPS) is 15.2. The molecule has 174 valence electrons. The van der Waals surface area contributed by atoms with E-state index in [-0.39, 0.29) is 11.5 Å². The Kier molecular flexibility index (Phi) is 9.13. The van der Waals surface area contributed by atoms with Gasteiger partial charge >= 0.3 is 6.03 Å². The molecule has 2 aromatic rings. The van der Waals surface area contributed by atoms with Gasteiger partial charge in [-0.1, -0.05) is 23.4 Å². The molecule has 1 unspecified atom stereocenters. The van der Waals surface area contributed by atoms with Crippen LogP contribution in [0.2, 0.25) is 0 Å². The molecule has 33 heavy (non-hydrogen) atoms. The van der Waals surface area contributed by atoms with Crippen molar-refractivity contribution in [2.45, 2.75) is 19.5 Å². The molecule has 10 heteroatoms. The zero-order valence-electron chi connectivity index (χ0n) is 18.5. The molecule has 1 fully saturated rings. The Morgan fingerprint density at radius 1 is 1.24 bits per heavy atom. The van der Waals surface area contributed by atoms with Crippen LogP contribution in [-0.2, 0) is 11.3 Å². The molecule has 10 nitrogen and oxygen atoms in total. The number of oxime groups is 1. The molecule has 1 heterocycles. The summed E-state index contributed by atoms with van der Waals surface area (Å²) >= 11 is 0. The van der Waals surface area contributed by atoms with Crippen LogP contribution in [-0.4, -0.2) is 54.4 Å². The minimum atomic E-state index is -0.762. The maximum Gasteiger partial charge on any atom is 0.322 e. The molecule has 0 aromatic heterocycles. The van der Waals surface area contributed by atoms with Gasteiger partial charge in [0.1, 0.15) is 17.5 Å². The van der Waals surface area contributed by atoms with Crippen LogP contribution in [0.15, 0.2) is 47.6 Å². The number of phenolic OH excluding ortho intramolecular Hbond substituents is 1. The lowest BCUT2D eigenvalue weighted by Gasteiger charge is -2.08. The summed E-state index contributed by atoms with van der Waals surface area (Å²) in [5.74, 6) is 0.342. The third-order valence-electron chi connectivity index (χ3n) is 4.60. The Hall–Kier alpha value is -4.18. The number of Topliss-reactive ketones (excluding diaryl/α,β-unsaturated/α-hetero) is 1. The Morgan fingerprint density at radius 2 is 2.00 bits per heavy atom. The fraction of sp³-hybridized carbons (Fsp3) is 0.217. The second kappa shape index (κ2) is 12.0. The summed E-state index contributed by atoms with van der Waals surface area (Å²) in [6, 6.07) is 8.80. The summed E-state index contributed by atoms with van der Waals surface area (Å²) in [7, 11) is 3.45. The number of ether oxygens (including phenoxy) is 1. The molecule has 3 rings (SSSR count). The van der Waals surface area contributed by atoms with E-state index in [0.717, 1.165) is 16.9 Å². The molecule has 2 aromatic carbocycles. The van der Waals surface area contributed by atoms with Crippen LogP contribution in [0.1, 0.15) is 34.0 Å². The van der Waals surface area contributed by atoms with Crippen LogP contribution < -0.4 is 20.7 Å². The number of hydrogen-bond acceptors (Lipinski definition) is 8.